The molecule has 1 aromatic heterocycles. The van der Waals surface area contributed by atoms with Gasteiger partial charge in [-0.25, -0.2) is 4.98 Å². The second-order valence-electron chi connectivity index (χ2n) is 3.18. The first-order valence-corrected chi connectivity index (χ1v) is 5.69. The van der Waals surface area contributed by atoms with E-state index in [0.29, 0.717) is 16.4 Å². The van der Waals surface area contributed by atoms with Crippen molar-refractivity contribution in [3.63, 3.8) is 0 Å². The van der Waals surface area contributed by atoms with Crippen LogP contribution in [0.15, 0.2) is 24.4 Å². The topological polar surface area (TPSA) is 55.1 Å². The van der Waals surface area contributed by atoms with Gasteiger partial charge >= 0.3 is 0 Å². The zero-order valence-corrected chi connectivity index (χ0v) is 10.2. The van der Waals surface area contributed by atoms with Gasteiger partial charge in [-0.1, -0.05) is 6.07 Å². The third kappa shape index (κ3) is 2.08. The first-order chi connectivity index (χ1) is 8.30. The Kier molecular flexibility index (Phi) is 3.26. The number of nitrogens with zero attached hydrogens (tertiary/aromatic N) is 2. The molecule has 17 heavy (non-hydrogen) atoms. The summed E-state index contributed by atoms with van der Waals surface area (Å²) < 4.78 is 10.5. The molecule has 1 heterocycles. The van der Waals surface area contributed by atoms with Gasteiger partial charge in [0.2, 0.25) is 0 Å². The summed E-state index contributed by atoms with van der Waals surface area (Å²) in [4.78, 5) is 4.78. The molecule has 0 aliphatic rings. The lowest BCUT2D eigenvalue weighted by Crippen LogP contribution is -1.92. The lowest BCUT2D eigenvalue weighted by Gasteiger charge is -2.10. The highest BCUT2D eigenvalue weighted by molar-refractivity contribution is 7.15. The predicted octanol–water partition coefficient (Wildman–Crippen LogP) is 2.70. The fourth-order valence-electron chi connectivity index (χ4n) is 1.51. The zero-order valence-electron chi connectivity index (χ0n) is 9.43. The van der Waals surface area contributed by atoms with E-state index in [1.54, 1.807) is 20.4 Å². The molecule has 0 aliphatic carbocycles. The van der Waals surface area contributed by atoms with Crippen molar-refractivity contribution in [1.82, 2.24) is 4.98 Å². The Bertz CT molecular complexity index is 572. The van der Waals surface area contributed by atoms with Crippen LogP contribution in [0.2, 0.25) is 0 Å². The van der Waals surface area contributed by atoms with Gasteiger partial charge in [-0.15, -0.1) is 11.3 Å². The van der Waals surface area contributed by atoms with Gasteiger partial charge < -0.3 is 9.47 Å². The van der Waals surface area contributed by atoms with Crippen LogP contribution in [0.4, 0.5) is 0 Å². The Morgan fingerprint density at radius 1 is 1.29 bits per heavy atom. The van der Waals surface area contributed by atoms with Crippen LogP contribution in [0.25, 0.3) is 10.6 Å². The van der Waals surface area contributed by atoms with Gasteiger partial charge in [-0.3, -0.25) is 0 Å². The predicted molar refractivity (Wildman–Crippen MR) is 65.4 cm³/mol. The van der Waals surface area contributed by atoms with Crippen molar-refractivity contribution in [3.8, 4) is 28.1 Å². The molecule has 0 amide bonds. The number of thiazole rings is 1. The maximum Gasteiger partial charge on any atom is 0.170 e. The molecule has 4 nitrogen and oxygen atoms in total. The molecule has 1 aromatic carbocycles. The average Bonchev–Trinajstić information content (AvgIpc) is 2.86. The lowest BCUT2D eigenvalue weighted by atomic mass is 10.2. The molecule has 0 fully saturated rings. The Morgan fingerprint density at radius 3 is 2.71 bits per heavy atom. The molecule has 0 unspecified atom stereocenters. The molecule has 0 N–H and O–H groups in total. The van der Waals surface area contributed by atoms with Gasteiger partial charge in [-0.05, 0) is 12.1 Å². The SMILES string of the molecule is COc1cccc(-c2ncc(C#N)s2)c1OC. The standard InChI is InChI=1S/C12H10N2O2S/c1-15-10-5-3-4-9(11(10)16-2)12-14-7-8(6-13)17-12/h3-5,7H,1-2H3. The van der Waals surface area contributed by atoms with Crippen LogP contribution in [0, 0.1) is 11.3 Å². The third-order valence-corrected chi connectivity index (χ3v) is 3.18. The van der Waals surface area contributed by atoms with Crippen LogP contribution < -0.4 is 9.47 Å². The van der Waals surface area contributed by atoms with Crippen molar-refractivity contribution < 1.29 is 9.47 Å². The molecule has 0 atom stereocenters. The summed E-state index contributed by atoms with van der Waals surface area (Å²) in [5.74, 6) is 1.28. The fraction of sp³-hybridized carbons (Fsp3) is 0.167. The number of para-hydroxylation sites is 1. The molecule has 0 saturated carbocycles. The van der Waals surface area contributed by atoms with E-state index in [1.807, 2.05) is 18.2 Å². The number of rotatable bonds is 3. The van der Waals surface area contributed by atoms with Gasteiger partial charge in [0.05, 0.1) is 26.0 Å². The van der Waals surface area contributed by atoms with Crippen LogP contribution in [-0.2, 0) is 0 Å². The van der Waals surface area contributed by atoms with Crippen molar-refractivity contribution in [2.45, 2.75) is 0 Å². The largest absolute Gasteiger partial charge is 0.493 e. The molecule has 0 saturated heterocycles. The molecular weight excluding hydrogens is 236 g/mol. The van der Waals surface area contributed by atoms with Gasteiger partial charge in [0.1, 0.15) is 16.0 Å². The number of aromatic nitrogens is 1. The van der Waals surface area contributed by atoms with E-state index in [0.717, 1.165) is 10.6 Å². The maximum absolute atomic E-state index is 8.79. The lowest BCUT2D eigenvalue weighted by molar-refractivity contribution is 0.356. The number of ether oxygens (including phenoxy) is 2. The third-order valence-electron chi connectivity index (χ3n) is 2.25. The molecule has 0 aliphatic heterocycles. The summed E-state index contributed by atoms with van der Waals surface area (Å²) in [5, 5.41) is 9.54. The summed E-state index contributed by atoms with van der Waals surface area (Å²) in [6, 6.07) is 7.64. The fourth-order valence-corrected chi connectivity index (χ4v) is 2.24. The Labute approximate surface area is 103 Å². The second kappa shape index (κ2) is 4.85. The van der Waals surface area contributed by atoms with E-state index in [2.05, 4.69) is 11.1 Å². The Balaban J connectivity index is 2.55. The first kappa shape index (κ1) is 11.4. The van der Waals surface area contributed by atoms with Gasteiger partial charge in [0.25, 0.3) is 0 Å². The molecular formula is C12H10N2O2S. The minimum Gasteiger partial charge on any atom is -0.493 e. The van der Waals surface area contributed by atoms with E-state index in [9.17, 15) is 0 Å². The molecule has 86 valence electrons. The number of hydrogen-bond acceptors (Lipinski definition) is 5. The van der Waals surface area contributed by atoms with Crippen LogP contribution in [0.3, 0.4) is 0 Å². The van der Waals surface area contributed by atoms with E-state index in [4.69, 9.17) is 14.7 Å². The van der Waals surface area contributed by atoms with Crippen molar-refractivity contribution in [2.75, 3.05) is 14.2 Å². The quantitative estimate of drug-likeness (QED) is 0.835. The summed E-state index contributed by atoms with van der Waals surface area (Å²) >= 11 is 1.33. The highest BCUT2D eigenvalue weighted by Gasteiger charge is 2.14. The number of nitriles is 1. The molecule has 2 aromatic rings. The Morgan fingerprint density at radius 2 is 2.12 bits per heavy atom. The van der Waals surface area contributed by atoms with E-state index < -0.39 is 0 Å². The minimum absolute atomic E-state index is 0.574. The molecule has 0 radical (unpaired) electrons. The molecule has 0 spiro atoms. The van der Waals surface area contributed by atoms with Crippen LogP contribution in [0.5, 0.6) is 11.5 Å². The number of benzene rings is 1. The summed E-state index contributed by atoms with van der Waals surface area (Å²) in [7, 11) is 3.17. The summed E-state index contributed by atoms with van der Waals surface area (Å²) in [6.45, 7) is 0. The molecule has 2 rings (SSSR count). The second-order valence-corrected chi connectivity index (χ2v) is 4.21. The normalized spacial score (nSPS) is 9.71. The average molecular weight is 246 g/mol. The van der Waals surface area contributed by atoms with Crippen molar-refractivity contribution in [1.29, 1.82) is 5.26 Å². The first-order valence-electron chi connectivity index (χ1n) is 4.87. The van der Waals surface area contributed by atoms with E-state index in [1.165, 1.54) is 11.3 Å². The smallest absolute Gasteiger partial charge is 0.170 e. The monoisotopic (exact) mass is 246 g/mol. The van der Waals surface area contributed by atoms with Crippen molar-refractivity contribution in [3.05, 3.63) is 29.3 Å². The van der Waals surface area contributed by atoms with Gasteiger partial charge in [0, 0.05) is 0 Å². The van der Waals surface area contributed by atoms with Crippen LogP contribution >= 0.6 is 11.3 Å². The van der Waals surface area contributed by atoms with E-state index in [-0.39, 0.29) is 0 Å². The van der Waals surface area contributed by atoms with Crippen LogP contribution in [0.1, 0.15) is 4.88 Å². The molecule has 0 bridgehead atoms. The summed E-state index contributed by atoms with van der Waals surface area (Å²) in [6.07, 6.45) is 1.55. The van der Waals surface area contributed by atoms with Crippen LogP contribution in [-0.4, -0.2) is 19.2 Å². The number of methoxy groups -OCH3 is 2. The van der Waals surface area contributed by atoms with Gasteiger partial charge in [-0.2, -0.15) is 5.26 Å². The summed E-state index contributed by atoms with van der Waals surface area (Å²) in [5.41, 5.74) is 0.832. The highest BCUT2D eigenvalue weighted by atomic mass is 32.1. The minimum atomic E-state index is 0.574. The van der Waals surface area contributed by atoms with E-state index >= 15 is 0 Å². The van der Waals surface area contributed by atoms with Gasteiger partial charge in [0.15, 0.2) is 11.5 Å². The van der Waals surface area contributed by atoms with Crippen molar-refractivity contribution in [2.24, 2.45) is 0 Å². The van der Waals surface area contributed by atoms with Crippen molar-refractivity contribution >= 4 is 11.3 Å². The Hall–Kier alpha value is -2.06. The number of hydrogen-bond donors (Lipinski definition) is 0. The highest BCUT2D eigenvalue weighted by Crippen LogP contribution is 2.39. The zero-order chi connectivity index (χ0) is 12.3. The maximum atomic E-state index is 8.79. The molecule has 5 heteroatoms.